The molecule has 0 saturated carbocycles. The first-order valence-corrected chi connectivity index (χ1v) is 6.18. The zero-order chi connectivity index (χ0) is 15.6. The molecule has 0 unspecified atom stereocenters. The molecule has 1 aliphatic heterocycles. The lowest BCUT2D eigenvalue weighted by molar-refractivity contribution is -0.171. The topological polar surface area (TPSA) is 69.6 Å². The molecule has 2 N–H and O–H groups in total. The highest BCUT2D eigenvalue weighted by Gasteiger charge is 2.41. The first kappa shape index (κ1) is 15.1. The smallest absolute Gasteiger partial charge is 0.406 e. The number of alkyl halides is 3. The van der Waals surface area contributed by atoms with Crippen molar-refractivity contribution in [2.45, 2.75) is 18.6 Å². The Kier molecular flexibility index (Phi) is 4.06. The molecule has 1 fully saturated rings. The Morgan fingerprint density at radius 1 is 1.24 bits per heavy atom. The maximum absolute atomic E-state index is 12.5. The Bertz CT molecular complexity index is 543. The van der Waals surface area contributed by atoms with Crippen molar-refractivity contribution in [3.05, 3.63) is 29.8 Å². The van der Waals surface area contributed by atoms with E-state index < -0.39 is 37.1 Å². The number of phenolic OH excluding ortho intramolecular Hbond substituents is 1. The number of piperazine rings is 1. The summed E-state index contributed by atoms with van der Waals surface area (Å²) in [6.45, 7) is -1.89. The van der Waals surface area contributed by atoms with E-state index in [1.165, 1.54) is 24.3 Å². The number of carbonyl (C=O) groups excluding carboxylic acids is 2. The fourth-order valence-corrected chi connectivity index (χ4v) is 2.15. The average molecular weight is 302 g/mol. The van der Waals surface area contributed by atoms with Gasteiger partial charge < -0.3 is 15.3 Å². The van der Waals surface area contributed by atoms with Crippen molar-refractivity contribution < 1.29 is 27.9 Å². The van der Waals surface area contributed by atoms with Gasteiger partial charge in [-0.15, -0.1) is 0 Å². The van der Waals surface area contributed by atoms with Crippen LogP contribution in [0.25, 0.3) is 0 Å². The molecular formula is C13H13F3N2O3. The number of aromatic hydroxyl groups is 1. The van der Waals surface area contributed by atoms with Gasteiger partial charge in [-0.2, -0.15) is 13.2 Å². The number of amides is 2. The SMILES string of the molecule is O=C1NCC(=O)N(CC(F)(F)F)[C@H]1Cc1ccc(O)cc1. The maximum Gasteiger partial charge on any atom is 0.406 e. The van der Waals surface area contributed by atoms with Gasteiger partial charge in [0.2, 0.25) is 11.8 Å². The number of hydrogen-bond acceptors (Lipinski definition) is 3. The monoisotopic (exact) mass is 302 g/mol. The van der Waals surface area contributed by atoms with Crippen LogP contribution in [0, 0.1) is 0 Å². The second-order valence-corrected chi connectivity index (χ2v) is 4.74. The Hall–Kier alpha value is -2.25. The van der Waals surface area contributed by atoms with Gasteiger partial charge in [-0.1, -0.05) is 12.1 Å². The van der Waals surface area contributed by atoms with E-state index in [0.29, 0.717) is 10.5 Å². The van der Waals surface area contributed by atoms with Crippen LogP contribution in [-0.4, -0.2) is 47.1 Å². The number of nitrogens with zero attached hydrogens (tertiary/aromatic N) is 1. The van der Waals surface area contributed by atoms with Gasteiger partial charge in [0.15, 0.2) is 0 Å². The number of halogens is 3. The number of hydrogen-bond donors (Lipinski definition) is 2. The standard InChI is InChI=1S/C13H13F3N2O3/c14-13(15,16)7-18-10(12(21)17-6-11(18)20)5-8-1-3-9(19)4-2-8/h1-4,10,19H,5-7H2,(H,17,21)/t10-/m0/s1. The molecule has 2 amide bonds. The van der Waals surface area contributed by atoms with Crippen molar-refractivity contribution >= 4 is 11.8 Å². The molecule has 1 heterocycles. The Labute approximate surface area is 118 Å². The van der Waals surface area contributed by atoms with Gasteiger partial charge in [-0.25, -0.2) is 0 Å². The zero-order valence-corrected chi connectivity index (χ0v) is 10.9. The van der Waals surface area contributed by atoms with E-state index in [1.807, 2.05) is 0 Å². The van der Waals surface area contributed by atoms with E-state index in [9.17, 15) is 22.8 Å². The molecule has 114 valence electrons. The molecule has 21 heavy (non-hydrogen) atoms. The Morgan fingerprint density at radius 3 is 2.43 bits per heavy atom. The third-order valence-electron chi connectivity index (χ3n) is 3.13. The van der Waals surface area contributed by atoms with Crippen molar-refractivity contribution in [3.8, 4) is 5.75 Å². The highest BCUT2D eigenvalue weighted by molar-refractivity contribution is 5.95. The van der Waals surface area contributed by atoms with E-state index in [1.54, 1.807) is 0 Å². The fourth-order valence-electron chi connectivity index (χ4n) is 2.15. The van der Waals surface area contributed by atoms with E-state index in [0.717, 1.165) is 0 Å². The second kappa shape index (κ2) is 5.63. The van der Waals surface area contributed by atoms with E-state index in [2.05, 4.69) is 5.32 Å². The summed E-state index contributed by atoms with van der Waals surface area (Å²) >= 11 is 0. The van der Waals surface area contributed by atoms with Crippen LogP contribution in [0.1, 0.15) is 5.56 Å². The number of nitrogens with one attached hydrogen (secondary N) is 1. The van der Waals surface area contributed by atoms with Crippen LogP contribution in [0.5, 0.6) is 5.75 Å². The van der Waals surface area contributed by atoms with Crippen LogP contribution in [-0.2, 0) is 16.0 Å². The molecule has 0 spiro atoms. The first-order chi connectivity index (χ1) is 9.76. The van der Waals surface area contributed by atoms with Gasteiger partial charge in [0.25, 0.3) is 0 Å². The van der Waals surface area contributed by atoms with Crippen LogP contribution in [0.3, 0.4) is 0 Å². The predicted molar refractivity (Wildman–Crippen MR) is 66.4 cm³/mol. The molecule has 1 aromatic carbocycles. The average Bonchev–Trinajstić information content (AvgIpc) is 2.39. The van der Waals surface area contributed by atoms with Crippen molar-refractivity contribution in [1.82, 2.24) is 10.2 Å². The zero-order valence-electron chi connectivity index (χ0n) is 10.9. The van der Waals surface area contributed by atoms with Crippen LogP contribution < -0.4 is 5.32 Å². The van der Waals surface area contributed by atoms with Crippen LogP contribution in [0.15, 0.2) is 24.3 Å². The van der Waals surface area contributed by atoms with Crippen LogP contribution >= 0.6 is 0 Å². The molecule has 8 heteroatoms. The maximum atomic E-state index is 12.5. The minimum atomic E-state index is -4.57. The van der Waals surface area contributed by atoms with Crippen molar-refractivity contribution in [2.75, 3.05) is 13.1 Å². The summed E-state index contributed by atoms with van der Waals surface area (Å²) in [5.41, 5.74) is 0.551. The number of benzene rings is 1. The normalized spacial score (nSPS) is 19.6. The van der Waals surface area contributed by atoms with Crippen molar-refractivity contribution in [2.24, 2.45) is 0 Å². The van der Waals surface area contributed by atoms with Gasteiger partial charge in [-0.3, -0.25) is 9.59 Å². The Balaban J connectivity index is 2.20. The summed E-state index contributed by atoms with van der Waals surface area (Å²) in [6.07, 6.45) is -4.62. The highest BCUT2D eigenvalue weighted by atomic mass is 19.4. The summed E-state index contributed by atoms with van der Waals surface area (Å²) < 4.78 is 37.6. The summed E-state index contributed by atoms with van der Waals surface area (Å²) in [5, 5.41) is 11.5. The van der Waals surface area contributed by atoms with Gasteiger partial charge >= 0.3 is 6.18 Å². The molecule has 0 bridgehead atoms. The second-order valence-electron chi connectivity index (χ2n) is 4.74. The summed E-state index contributed by atoms with van der Waals surface area (Å²) in [4.78, 5) is 24.0. The molecule has 0 radical (unpaired) electrons. The lowest BCUT2D eigenvalue weighted by atomic mass is 10.0. The van der Waals surface area contributed by atoms with E-state index in [4.69, 9.17) is 5.11 Å². The lowest BCUT2D eigenvalue weighted by Crippen LogP contribution is -2.61. The molecule has 0 aromatic heterocycles. The third-order valence-corrected chi connectivity index (χ3v) is 3.13. The molecule has 1 saturated heterocycles. The summed E-state index contributed by atoms with van der Waals surface area (Å²) in [7, 11) is 0. The van der Waals surface area contributed by atoms with Gasteiger partial charge in [0.1, 0.15) is 18.3 Å². The predicted octanol–water partition coefficient (Wildman–Crippen LogP) is 0.824. The molecule has 5 nitrogen and oxygen atoms in total. The molecule has 2 rings (SSSR count). The highest BCUT2D eigenvalue weighted by Crippen LogP contribution is 2.22. The summed E-state index contributed by atoms with van der Waals surface area (Å²) in [5.74, 6) is -1.38. The van der Waals surface area contributed by atoms with Crippen molar-refractivity contribution in [3.63, 3.8) is 0 Å². The molecular weight excluding hydrogens is 289 g/mol. The Morgan fingerprint density at radius 2 is 1.86 bits per heavy atom. The first-order valence-electron chi connectivity index (χ1n) is 6.18. The fraction of sp³-hybridized carbons (Fsp3) is 0.385. The molecule has 1 aromatic rings. The lowest BCUT2D eigenvalue weighted by Gasteiger charge is -2.35. The molecule has 1 aliphatic rings. The van der Waals surface area contributed by atoms with E-state index in [-0.39, 0.29) is 12.2 Å². The van der Waals surface area contributed by atoms with Crippen molar-refractivity contribution in [1.29, 1.82) is 0 Å². The largest absolute Gasteiger partial charge is 0.508 e. The van der Waals surface area contributed by atoms with Crippen LogP contribution in [0.4, 0.5) is 13.2 Å². The molecule has 0 aliphatic carbocycles. The minimum Gasteiger partial charge on any atom is -0.508 e. The third kappa shape index (κ3) is 3.87. The minimum absolute atomic E-state index is 0.00932. The van der Waals surface area contributed by atoms with Gasteiger partial charge in [0, 0.05) is 6.42 Å². The van der Waals surface area contributed by atoms with Crippen LogP contribution in [0.2, 0.25) is 0 Å². The van der Waals surface area contributed by atoms with E-state index >= 15 is 0 Å². The summed E-state index contributed by atoms with van der Waals surface area (Å²) in [6, 6.07) is 4.51. The number of rotatable bonds is 3. The van der Waals surface area contributed by atoms with Gasteiger partial charge in [0.05, 0.1) is 6.54 Å². The number of phenols is 1. The molecule has 1 atom stereocenters. The quantitative estimate of drug-likeness (QED) is 0.868. The number of carbonyl (C=O) groups is 2. The van der Waals surface area contributed by atoms with Gasteiger partial charge in [-0.05, 0) is 17.7 Å².